The van der Waals surface area contributed by atoms with Gasteiger partial charge in [0.05, 0.1) is 0 Å². The minimum atomic E-state index is -1.03. The molecule has 0 amide bonds. The van der Waals surface area contributed by atoms with Crippen molar-refractivity contribution in [3.05, 3.63) is 78.0 Å². The highest BCUT2D eigenvalue weighted by Crippen LogP contribution is 2.32. The molecular weight excluding hydrogens is 244 g/mol. The summed E-state index contributed by atoms with van der Waals surface area (Å²) in [6, 6.07) is 18.1. The number of benzene rings is 2. The normalized spacial score (nSPS) is 13.2. The Morgan fingerprint density at radius 2 is 1.70 bits per heavy atom. The molecule has 0 aromatic heterocycles. The maximum absolute atomic E-state index is 10.7. The van der Waals surface area contributed by atoms with Crippen LogP contribution >= 0.6 is 0 Å². The monoisotopic (exact) mass is 264 g/mol. The molecule has 0 aliphatic rings. The van der Waals surface area contributed by atoms with Gasteiger partial charge in [-0.3, -0.25) is 0 Å². The van der Waals surface area contributed by atoms with E-state index in [9.17, 15) is 5.11 Å². The van der Waals surface area contributed by atoms with Crippen LogP contribution in [0.2, 0.25) is 0 Å². The van der Waals surface area contributed by atoms with E-state index in [1.807, 2.05) is 55.5 Å². The van der Waals surface area contributed by atoms with E-state index in [1.165, 1.54) is 0 Å². The summed E-state index contributed by atoms with van der Waals surface area (Å²) in [4.78, 5) is 0. The van der Waals surface area contributed by atoms with Crippen LogP contribution in [0.3, 0.4) is 0 Å². The fourth-order valence-corrected chi connectivity index (χ4v) is 2.21. The van der Waals surface area contributed by atoms with Crippen molar-refractivity contribution in [1.82, 2.24) is 0 Å². The van der Waals surface area contributed by atoms with Gasteiger partial charge in [0.15, 0.2) is 0 Å². The van der Waals surface area contributed by atoms with Crippen molar-refractivity contribution in [3.63, 3.8) is 0 Å². The predicted molar refractivity (Wildman–Crippen MR) is 84.4 cm³/mol. The van der Waals surface area contributed by atoms with E-state index in [0.717, 1.165) is 23.1 Å². The number of hydrogen-bond donors (Lipinski definition) is 1. The van der Waals surface area contributed by atoms with Gasteiger partial charge in [-0.2, -0.15) is 0 Å². The molecule has 2 rings (SSSR count). The summed E-state index contributed by atoms with van der Waals surface area (Å²) in [5.41, 5.74) is 5.07. The van der Waals surface area contributed by atoms with Gasteiger partial charge in [0.2, 0.25) is 0 Å². The summed E-state index contributed by atoms with van der Waals surface area (Å²) in [6.07, 6.45) is 4.55. The Bertz CT molecular complexity index is 617. The van der Waals surface area contributed by atoms with Crippen molar-refractivity contribution in [1.29, 1.82) is 0 Å². The second kappa shape index (κ2) is 6.38. The Morgan fingerprint density at radius 1 is 1.05 bits per heavy atom. The van der Waals surface area contributed by atoms with Gasteiger partial charge in [-0.15, -0.1) is 5.73 Å². The molecule has 0 spiro atoms. The minimum Gasteiger partial charge on any atom is -0.381 e. The van der Waals surface area contributed by atoms with E-state index in [4.69, 9.17) is 0 Å². The maximum atomic E-state index is 10.7. The lowest BCUT2D eigenvalue weighted by Gasteiger charge is -2.22. The molecule has 0 fully saturated rings. The Kier molecular flexibility index (Phi) is 4.57. The molecule has 0 bridgehead atoms. The van der Waals surface area contributed by atoms with Gasteiger partial charge in [0.25, 0.3) is 0 Å². The lowest BCUT2D eigenvalue weighted by Crippen LogP contribution is -2.18. The molecule has 2 aromatic carbocycles. The second-order valence-electron chi connectivity index (χ2n) is 4.98. The summed E-state index contributed by atoms with van der Waals surface area (Å²) >= 11 is 0. The largest absolute Gasteiger partial charge is 0.381 e. The van der Waals surface area contributed by atoms with Crippen molar-refractivity contribution in [2.75, 3.05) is 0 Å². The zero-order chi connectivity index (χ0) is 14.4. The van der Waals surface area contributed by atoms with E-state index < -0.39 is 5.60 Å². The number of aliphatic hydroxyl groups is 1. The zero-order valence-electron chi connectivity index (χ0n) is 12.0. The highest BCUT2D eigenvalue weighted by molar-refractivity contribution is 5.68. The molecule has 1 atom stereocenters. The van der Waals surface area contributed by atoms with E-state index in [-0.39, 0.29) is 0 Å². The first kappa shape index (κ1) is 14.3. The van der Waals surface area contributed by atoms with Crippen LogP contribution in [0.15, 0.2) is 72.5 Å². The van der Waals surface area contributed by atoms with Crippen LogP contribution in [0, 0.1) is 0 Å². The summed E-state index contributed by atoms with van der Waals surface area (Å²) in [5.74, 6) is 0. The first-order chi connectivity index (χ1) is 9.65. The maximum Gasteiger partial charge on any atom is 0.113 e. The SMILES string of the molecule is CCC=C=CC(C)(O)c1ccccc1-c1ccccc1. The van der Waals surface area contributed by atoms with Crippen LogP contribution in [0.4, 0.5) is 0 Å². The highest BCUT2D eigenvalue weighted by Gasteiger charge is 2.22. The number of hydrogen-bond acceptors (Lipinski definition) is 1. The summed E-state index contributed by atoms with van der Waals surface area (Å²) in [7, 11) is 0. The van der Waals surface area contributed by atoms with Gasteiger partial charge in [-0.1, -0.05) is 61.5 Å². The van der Waals surface area contributed by atoms with Crippen LogP contribution in [-0.4, -0.2) is 5.11 Å². The van der Waals surface area contributed by atoms with Crippen LogP contribution < -0.4 is 0 Å². The minimum absolute atomic E-state index is 0.892. The van der Waals surface area contributed by atoms with Crippen LogP contribution in [0.25, 0.3) is 11.1 Å². The standard InChI is InChI=1S/C19H20O/c1-3-4-10-15-19(2,20)18-14-9-8-13-17(18)16-11-6-5-7-12-16/h4-9,11-15,20H,3H2,1-2H3. The molecule has 0 aliphatic carbocycles. The molecule has 1 N–H and O–H groups in total. The van der Waals surface area contributed by atoms with Crippen LogP contribution in [-0.2, 0) is 5.60 Å². The highest BCUT2D eigenvalue weighted by atomic mass is 16.3. The topological polar surface area (TPSA) is 20.2 Å². The molecule has 0 aliphatic heterocycles. The second-order valence-corrected chi connectivity index (χ2v) is 4.98. The molecular formula is C19H20O. The van der Waals surface area contributed by atoms with Gasteiger partial charge < -0.3 is 5.11 Å². The van der Waals surface area contributed by atoms with Crippen molar-refractivity contribution in [2.45, 2.75) is 25.9 Å². The van der Waals surface area contributed by atoms with E-state index in [2.05, 4.69) is 17.9 Å². The Hall–Kier alpha value is -2.08. The predicted octanol–water partition coefficient (Wildman–Crippen LogP) is 4.68. The third kappa shape index (κ3) is 3.27. The van der Waals surface area contributed by atoms with Gasteiger partial charge >= 0.3 is 0 Å². The quantitative estimate of drug-likeness (QED) is 0.795. The van der Waals surface area contributed by atoms with Crippen molar-refractivity contribution in [2.24, 2.45) is 0 Å². The third-order valence-electron chi connectivity index (χ3n) is 3.24. The Balaban J connectivity index is 2.50. The Morgan fingerprint density at radius 3 is 2.40 bits per heavy atom. The first-order valence-corrected chi connectivity index (χ1v) is 6.94. The molecule has 0 saturated carbocycles. The van der Waals surface area contributed by atoms with Crippen molar-refractivity contribution in [3.8, 4) is 11.1 Å². The van der Waals surface area contributed by atoms with Gasteiger partial charge in [-0.25, -0.2) is 0 Å². The zero-order valence-corrected chi connectivity index (χ0v) is 12.0. The van der Waals surface area contributed by atoms with Crippen LogP contribution in [0.1, 0.15) is 25.8 Å². The third-order valence-corrected chi connectivity index (χ3v) is 3.24. The molecule has 20 heavy (non-hydrogen) atoms. The van der Waals surface area contributed by atoms with Crippen LogP contribution in [0.5, 0.6) is 0 Å². The van der Waals surface area contributed by atoms with Crippen molar-refractivity contribution < 1.29 is 5.11 Å². The molecule has 1 unspecified atom stereocenters. The smallest absolute Gasteiger partial charge is 0.113 e. The molecule has 0 radical (unpaired) electrons. The Labute approximate surface area is 120 Å². The van der Waals surface area contributed by atoms with Gasteiger partial charge in [0, 0.05) is 0 Å². The summed E-state index contributed by atoms with van der Waals surface area (Å²) in [5, 5.41) is 10.7. The van der Waals surface area contributed by atoms with E-state index in [1.54, 1.807) is 13.0 Å². The van der Waals surface area contributed by atoms with Gasteiger partial charge in [0.1, 0.15) is 5.60 Å². The lowest BCUT2D eigenvalue weighted by molar-refractivity contribution is 0.112. The fraction of sp³-hybridized carbons (Fsp3) is 0.211. The molecule has 0 saturated heterocycles. The summed E-state index contributed by atoms with van der Waals surface area (Å²) in [6.45, 7) is 3.85. The van der Waals surface area contributed by atoms with Crippen molar-refractivity contribution >= 4 is 0 Å². The first-order valence-electron chi connectivity index (χ1n) is 6.94. The number of rotatable bonds is 4. The lowest BCUT2D eigenvalue weighted by atomic mass is 9.88. The average Bonchev–Trinajstić information content (AvgIpc) is 2.48. The summed E-state index contributed by atoms with van der Waals surface area (Å²) < 4.78 is 0. The van der Waals surface area contributed by atoms with Gasteiger partial charge in [-0.05, 0) is 42.2 Å². The molecule has 2 aromatic rings. The molecule has 0 heterocycles. The van der Waals surface area contributed by atoms with E-state index >= 15 is 0 Å². The van der Waals surface area contributed by atoms with E-state index in [0.29, 0.717) is 0 Å². The molecule has 1 nitrogen and oxygen atoms in total. The molecule has 1 heteroatoms. The average molecular weight is 264 g/mol. The molecule has 102 valence electrons. The fourth-order valence-electron chi connectivity index (χ4n) is 2.21.